The third kappa shape index (κ3) is 7.46. The van der Waals surface area contributed by atoms with Gasteiger partial charge >= 0.3 is 5.97 Å². The second-order valence-corrected chi connectivity index (χ2v) is 6.62. The Morgan fingerprint density at radius 3 is 2.48 bits per heavy atom. The number of benzene rings is 2. The predicted octanol–water partition coefficient (Wildman–Crippen LogP) is 2.67. The van der Waals surface area contributed by atoms with E-state index in [-0.39, 0.29) is 12.5 Å². The molecule has 7 nitrogen and oxygen atoms in total. The molecule has 0 radical (unpaired) electrons. The predicted molar refractivity (Wildman–Crippen MR) is 109 cm³/mol. The van der Waals surface area contributed by atoms with Crippen LogP contribution in [-0.4, -0.2) is 49.5 Å². The number of nitrogens with zero attached hydrogens (tertiary/aromatic N) is 1. The fourth-order valence-corrected chi connectivity index (χ4v) is 2.64. The number of likely N-dealkylation sites (N-methyl/N-ethyl adjacent to an activating group) is 1. The Hall–Kier alpha value is -3.06. The van der Waals surface area contributed by atoms with Gasteiger partial charge in [0.15, 0.2) is 6.61 Å². The Morgan fingerprint density at radius 1 is 1.10 bits per heavy atom. The zero-order chi connectivity index (χ0) is 21.2. The van der Waals surface area contributed by atoms with Gasteiger partial charge in [-0.2, -0.15) is 0 Å². The highest BCUT2D eigenvalue weighted by Gasteiger charge is 2.14. The first-order valence-electron chi connectivity index (χ1n) is 9.04. The standard InChI is InChI=1S/C21H23ClN2O5/c1-3-28-18-9-7-16(8-10-18)21(27)23-12-20(26)29-14-19(25)24(2)13-15-5-4-6-17(22)11-15/h4-11H,3,12-14H2,1-2H3,(H,23,27). The van der Waals surface area contributed by atoms with Crippen molar-refractivity contribution in [3.05, 3.63) is 64.7 Å². The van der Waals surface area contributed by atoms with E-state index in [9.17, 15) is 14.4 Å². The first kappa shape index (κ1) is 22.2. The molecular formula is C21H23ClN2O5. The smallest absolute Gasteiger partial charge is 0.325 e. The molecule has 0 spiro atoms. The summed E-state index contributed by atoms with van der Waals surface area (Å²) in [5, 5.41) is 3.04. The normalized spacial score (nSPS) is 10.2. The van der Waals surface area contributed by atoms with Gasteiger partial charge in [0.2, 0.25) is 0 Å². The van der Waals surface area contributed by atoms with E-state index in [0.29, 0.717) is 29.5 Å². The first-order valence-corrected chi connectivity index (χ1v) is 9.42. The maximum absolute atomic E-state index is 12.1. The summed E-state index contributed by atoms with van der Waals surface area (Å²) in [5.74, 6) is -0.830. The van der Waals surface area contributed by atoms with Crippen molar-refractivity contribution >= 4 is 29.4 Å². The number of esters is 1. The third-order valence-electron chi connectivity index (χ3n) is 3.91. The summed E-state index contributed by atoms with van der Waals surface area (Å²) in [6.07, 6.45) is 0. The van der Waals surface area contributed by atoms with Crippen LogP contribution in [0.2, 0.25) is 5.02 Å². The van der Waals surface area contributed by atoms with Crippen molar-refractivity contribution in [2.75, 3.05) is 26.8 Å². The van der Waals surface area contributed by atoms with Gasteiger partial charge in [0.25, 0.3) is 11.8 Å². The van der Waals surface area contributed by atoms with Crippen molar-refractivity contribution in [1.29, 1.82) is 0 Å². The van der Waals surface area contributed by atoms with Gasteiger partial charge in [-0.15, -0.1) is 0 Å². The number of halogens is 1. The minimum Gasteiger partial charge on any atom is -0.494 e. The van der Waals surface area contributed by atoms with E-state index in [1.807, 2.05) is 13.0 Å². The highest BCUT2D eigenvalue weighted by Crippen LogP contribution is 2.13. The second-order valence-electron chi connectivity index (χ2n) is 6.18. The van der Waals surface area contributed by atoms with E-state index in [2.05, 4.69) is 5.32 Å². The summed E-state index contributed by atoms with van der Waals surface area (Å²) in [4.78, 5) is 37.4. The Bertz CT molecular complexity index is 854. The van der Waals surface area contributed by atoms with Gasteiger partial charge < -0.3 is 19.7 Å². The second kappa shape index (κ2) is 11.1. The van der Waals surface area contributed by atoms with Crippen molar-refractivity contribution in [3.8, 4) is 5.75 Å². The van der Waals surface area contributed by atoms with Gasteiger partial charge in [-0.05, 0) is 48.9 Å². The Balaban J connectivity index is 1.73. The van der Waals surface area contributed by atoms with Crippen LogP contribution >= 0.6 is 11.6 Å². The lowest BCUT2D eigenvalue weighted by Crippen LogP contribution is -2.34. The quantitative estimate of drug-likeness (QED) is 0.633. The van der Waals surface area contributed by atoms with Crippen LogP contribution < -0.4 is 10.1 Å². The van der Waals surface area contributed by atoms with Crippen LogP contribution in [0, 0.1) is 0 Å². The summed E-state index contributed by atoms with van der Waals surface area (Å²) < 4.78 is 10.2. The van der Waals surface area contributed by atoms with Crippen molar-refractivity contribution in [1.82, 2.24) is 10.2 Å². The molecule has 0 aliphatic rings. The lowest BCUT2D eigenvalue weighted by atomic mass is 10.2. The maximum Gasteiger partial charge on any atom is 0.325 e. The van der Waals surface area contributed by atoms with Crippen LogP contribution in [0.1, 0.15) is 22.8 Å². The minimum atomic E-state index is -0.700. The number of rotatable bonds is 9. The van der Waals surface area contributed by atoms with E-state index in [0.717, 1.165) is 5.56 Å². The molecule has 2 aromatic rings. The Morgan fingerprint density at radius 2 is 1.83 bits per heavy atom. The molecule has 0 saturated heterocycles. The number of carbonyl (C=O) groups is 3. The maximum atomic E-state index is 12.1. The van der Waals surface area contributed by atoms with Gasteiger partial charge in [-0.1, -0.05) is 23.7 Å². The van der Waals surface area contributed by atoms with Crippen LogP contribution in [-0.2, 0) is 20.9 Å². The van der Waals surface area contributed by atoms with E-state index in [4.69, 9.17) is 21.1 Å². The topological polar surface area (TPSA) is 84.9 Å². The van der Waals surface area contributed by atoms with Crippen LogP contribution in [0.5, 0.6) is 5.75 Å². The SMILES string of the molecule is CCOc1ccc(C(=O)NCC(=O)OCC(=O)N(C)Cc2cccc(Cl)c2)cc1. The summed E-state index contributed by atoms with van der Waals surface area (Å²) in [6.45, 7) is 1.99. The van der Waals surface area contributed by atoms with Crippen LogP contribution in [0.25, 0.3) is 0 Å². The van der Waals surface area contributed by atoms with Crippen molar-refractivity contribution < 1.29 is 23.9 Å². The summed E-state index contributed by atoms with van der Waals surface area (Å²) in [7, 11) is 1.60. The van der Waals surface area contributed by atoms with Gasteiger partial charge in [0.05, 0.1) is 6.61 Å². The first-order chi connectivity index (χ1) is 13.9. The van der Waals surface area contributed by atoms with E-state index in [1.54, 1.807) is 49.5 Å². The molecule has 0 bridgehead atoms. The molecule has 1 N–H and O–H groups in total. The zero-order valence-electron chi connectivity index (χ0n) is 16.3. The van der Waals surface area contributed by atoms with Crippen molar-refractivity contribution in [2.24, 2.45) is 0 Å². The van der Waals surface area contributed by atoms with Crippen LogP contribution in [0.15, 0.2) is 48.5 Å². The van der Waals surface area contributed by atoms with Gasteiger partial charge in [0.1, 0.15) is 12.3 Å². The van der Waals surface area contributed by atoms with Gasteiger partial charge in [0, 0.05) is 24.2 Å². The lowest BCUT2D eigenvalue weighted by Gasteiger charge is -2.17. The number of nitrogens with one attached hydrogen (secondary N) is 1. The molecule has 0 unspecified atom stereocenters. The molecule has 0 aliphatic heterocycles. The monoisotopic (exact) mass is 418 g/mol. The molecule has 154 valence electrons. The van der Waals surface area contributed by atoms with E-state index in [1.165, 1.54) is 4.90 Å². The average Bonchev–Trinajstić information content (AvgIpc) is 2.71. The molecule has 0 heterocycles. The molecule has 0 fully saturated rings. The molecule has 0 aliphatic carbocycles. The number of carbonyl (C=O) groups excluding carboxylic acids is 3. The molecule has 0 aromatic heterocycles. The highest BCUT2D eigenvalue weighted by molar-refractivity contribution is 6.30. The highest BCUT2D eigenvalue weighted by atomic mass is 35.5. The number of ether oxygens (including phenoxy) is 2. The van der Waals surface area contributed by atoms with E-state index >= 15 is 0 Å². The molecule has 2 amide bonds. The summed E-state index contributed by atoms with van der Waals surface area (Å²) in [6, 6.07) is 13.7. The zero-order valence-corrected chi connectivity index (χ0v) is 17.1. The molecule has 2 rings (SSSR count). The number of hydrogen-bond acceptors (Lipinski definition) is 5. The van der Waals surface area contributed by atoms with Crippen molar-refractivity contribution in [2.45, 2.75) is 13.5 Å². The largest absolute Gasteiger partial charge is 0.494 e. The minimum absolute atomic E-state index is 0.336. The number of hydrogen-bond donors (Lipinski definition) is 1. The Labute approximate surface area is 174 Å². The fraction of sp³-hybridized carbons (Fsp3) is 0.286. The third-order valence-corrected chi connectivity index (χ3v) is 4.15. The molecule has 2 aromatic carbocycles. The van der Waals surface area contributed by atoms with Crippen LogP contribution in [0.4, 0.5) is 0 Å². The van der Waals surface area contributed by atoms with Crippen molar-refractivity contribution in [3.63, 3.8) is 0 Å². The molecule has 0 saturated carbocycles. The molecule has 8 heteroatoms. The van der Waals surface area contributed by atoms with Gasteiger partial charge in [-0.3, -0.25) is 14.4 Å². The Kier molecular flexibility index (Phi) is 8.48. The molecule has 0 atom stereocenters. The lowest BCUT2D eigenvalue weighted by molar-refractivity contribution is -0.150. The van der Waals surface area contributed by atoms with Crippen LogP contribution in [0.3, 0.4) is 0 Å². The average molecular weight is 419 g/mol. The van der Waals surface area contributed by atoms with E-state index < -0.39 is 18.5 Å². The molecular weight excluding hydrogens is 396 g/mol. The van der Waals surface area contributed by atoms with Gasteiger partial charge in [-0.25, -0.2) is 0 Å². The number of amides is 2. The summed E-state index contributed by atoms with van der Waals surface area (Å²) in [5.41, 5.74) is 1.25. The molecule has 29 heavy (non-hydrogen) atoms. The fourth-order valence-electron chi connectivity index (χ4n) is 2.42. The summed E-state index contributed by atoms with van der Waals surface area (Å²) >= 11 is 5.92.